The van der Waals surface area contributed by atoms with Gasteiger partial charge in [0.15, 0.2) is 23.8 Å². The van der Waals surface area contributed by atoms with E-state index in [-0.39, 0.29) is 25.0 Å². The van der Waals surface area contributed by atoms with Gasteiger partial charge in [0.2, 0.25) is 12.7 Å². The fourth-order valence-electron chi connectivity index (χ4n) is 2.06. The summed E-state index contributed by atoms with van der Waals surface area (Å²) in [5.41, 5.74) is 0.204. The van der Waals surface area contributed by atoms with Gasteiger partial charge in [-0.2, -0.15) is 0 Å². The summed E-state index contributed by atoms with van der Waals surface area (Å²) in [6.45, 7) is 3.70. The Hall–Kier alpha value is -2.74. The standard InChI is InChI=1S/C16H18N2O6/c1-2-20-6-5-17-16(19)12-8-22-15(18-12)9-21-11-3-4-13-14(7-11)24-10-23-13/h3-4,7-8H,2,5-6,9-10H2,1H3,(H,17,19). The summed E-state index contributed by atoms with van der Waals surface area (Å²) < 4.78 is 26.5. The number of carbonyl (C=O) groups is 1. The first-order chi connectivity index (χ1) is 11.8. The molecule has 8 nitrogen and oxygen atoms in total. The Morgan fingerprint density at radius 1 is 1.33 bits per heavy atom. The maximum atomic E-state index is 11.9. The summed E-state index contributed by atoms with van der Waals surface area (Å²) in [5.74, 6) is 1.91. The zero-order valence-electron chi connectivity index (χ0n) is 13.2. The zero-order valence-corrected chi connectivity index (χ0v) is 13.2. The summed E-state index contributed by atoms with van der Waals surface area (Å²) >= 11 is 0. The van der Waals surface area contributed by atoms with Gasteiger partial charge in [-0.1, -0.05) is 0 Å². The summed E-state index contributed by atoms with van der Waals surface area (Å²) in [7, 11) is 0. The Balaban J connectivity index is 1.50. The molecule has 1 aromatic carbocycles. The van der Waals surface area contributed by atoms with Crippen molar-refractivity contribution >= 4 is 5.91 Å². The number of ether oxygens (including phenoxy) is 4. The van der Waals surface area contributed by atoms with E-state index in [0.717, 1.165) is 0 Å². The lowest BCUT2D eigenvalue weighted by atomic mass is 10.3. The molecule has 1 aliphatic heterocycles. The number of aromatic nitrogens is 1. The molecule has 1 amide bonds. The number of benzene rings is 1. The first-order valence-corrected chi connectivity index (χ1v) is 7.59. The van der Waals surface area contributed by atoms with E-state index in [9.17, 15) is 4.79 Å². The quantitative estimate of drug-likeness (QED) is 0.735. The molecule has 2 heterocycles. The van der Waals surface area contributed by atoms with Crippen LogP contribution < -0.4 is 19.5 Å². The van der Waals surface area contributed by atoms with E-state index in [1.54, 1.807) is 18.2 Å². The van der Waals surface area contributed by atoms with Crippen LogP contribution in [0.2, 0.25) is 0 Å². The largest absolute Gasteiger partial charge is 0.484 e. The molecule has 0 unspecified atom stereocenters. The highest BCUT2D eigenvalue weighted by molar-refractivity contribution is 5.91. The Bertz CT molecular complexity index is 700. The van der Waals surface area contributed by atoms with Gasteiger partial charge in [0, 0.05) is 19.2 Å². The summed E-state index contributed by atoms with van der Waals surface area (Å²) in [5, 5.41) is 2.69. The van der Waals surface area contributed by atoms with Crippen LogP contribution in [0.3, 0.4) is 0 Å². The molecule has 0 saturated heterocycles. The van der Waals surface area contributed by atoms with Crippen LogP contribution >= 0.6 is 0 Å². The van der Waals surface area contributed by atoms with Gasteiger partial charge in [0.25, 0.3) is 5.91 Å². The molecule has 3 rings (SSSR count). The normalized spacial score (nSPS) is 12.2. The molecule has 0 radical (unpaired) electrons. The SMILES string of the molecule is CCOCCNC(=O)c1coc(COc2ccc3c(c2)OCO3)n1. The highest BCUT2D eigenvalue weighted by Gasteiger charge is 2.15. The van der Waals surface area contributed by atoms with Gasteiger partial charge in [0.1, 0.15) is 12.0 Å². The van der Waals surface area contributed by atoms with Crippen molar-refractivity contribution in [1.29, 1.82) is 0 Å². The maximum absolute atomic E-state index is 11.9. The van der Waals surface area contributed by atoms with Crippen LogP contribution in [0.1, 0.15) is 23.3 Å². The number of nitrogens with one attached hydrogen (secondary N) is 1. The highest BCUT2D eigenvalue weighted by Crippen LogP contribution is 2.35. The van der Waals surface area contributed by atoms with Gasteiger partial charge >= 0.3 is 0 Å². The fourth-order valence-corrected chi connectivity index (χ4v) is 2.06. The topological polar surface area (TPSA) is 92.1 Å². The van der Waals surface area contributed by atoms with E-state index in [1.165, 1.54) is 6.26 Å². The Kier molecular flexibility index (Phi) is 5.17. The van der Waals surface area contributed by atoms with Gasteiger partial charge in [-0.3, -0.25) is 4.79 Å². The smallest absolute Gasteiger partial charge is 0.273 e. The average Bonchev–Trinajstić information content (AvgIpc) is 3.25. The molecular weight excluding hydrogens is 316 g/mol. The van der Waals surface area contributed by atoms with Crippen LogP contribution in [0.4, 0.5) is 0 Å². The van der Waals surface area contributed by atoms with E-state index in [4.69, 9.17) is 23.4 Å². The highest BCUT2D eigenvalue weighted by atomic mass is 16.7. The van der Waals surface area contributed by atoms with E-state index >= 15 is 0 Å². The number of amides is 1. The van der Waals surface area contributed by atoms with Crippen molar-refractivity contribution in [1.82, 2.24) is 10.3 Å². The Labute approximate surface area is 138 Å². The average molecular weight is 334 g/mol. The van der Waals surface area contributed by atoms with Crippen molar-refractivity contribution < 1.29 is 28.2 Å². The van der Waals surface area contributed by atoms with Crippen LogP contribution in [-0.2, 0) is 11.3 Å². The fraction of sp³-hybridized carbons (Fsp3) is 0.375. The van der Waals surface area contributed by atoms with Gasteiger partial charge in [-0.25, -0.2) is 4.98 Å². The molecule has 0 fully saturated rings. The summed E-state index contributed by atoms with van der Waals surface area (Å²) in [6, 6.07) is 5.26. The minimum Gasteiger partial charge on any atom is -0.484 e. The molecular formula is C16H18N2O6. The van der Waals surface area contributed by atoms with Gasteiger partial charge in [-0.05, 0) is 19.1 Å². The molecule has 8 heteroatoms. The lowest BCUT2D eigenvalue weighted by Crippen LogP contribution is -2.27. The lowest BCUT2D eigenvalue weighted by molar-refractivity contribution is 0.0917. The van der Waals surface area contributed by atoms with Gasteiger partial charge in [-0.15, -0.1) is 0 Å². The second kappa shape index (κ2) is 7.69. The first kappa shape index (κ1) is 16.1. The zero-order chi connectivity index (χ0) is 16.8. The number of carbonyl (C=O) groups excluding carboxylic acids is 1. The van der Waals surface area contributed by atoms with Gasteiger partial charge in [0.05, 0.1) is 6.61 Å². The van der Waals surface area contributed by atoms with Crippen LogP contribution in [-0.4, -0.2) is 37.4 Å². The number of oxazole rings is 1. The minimum atomic E-state index is -0.312. The molecule has 0 bridgehead atoms. The van der Waals surface area contributed by atoms with Crippen LogP contribution in [0.5, 0.6) is 17.2 Å². The van der Waals surface area contributed by atoms with Crippen molar-refractivity contribution in [3.8, 4) is 17.2 Å². The lowest BCUT2D eigenvalue weighted by Gasteiger charge is -2.04. The minimum absolute atomic E-state index is 0.103. The molecule has 1 N–H and O–H groups in total. The monoisotopic (exact) mass is 334 g/mol. The number of nitrogens with zero attached hydrogens (tertiary/aromatic N) is 1. The van der Waals surface area contributed by atoms with E-state index in [2.05, 4.69) is 10.3 Å². The summed E-state index contributed by atoms with van der Waals surface area (Å²) in [6.07, 6.45) is 1.30. The van der Waals surface area contributed by atoms with E-state index < -0.39 is 0 Å². The maximum Gasteiger partial charge on any atom is 0.273 e. The predicted octanol–water partition coefficient (Wildman–Crippen LogP) is 1.75. The Morgan fingerprint density at radius 3 is 3.08 bits per heavy atom. The second-order valence-corrected chi connectivity index (χ2v) is 4.88. The number of hydrogen-bond acceptors (Lipinski definition) is 7. The molecule has 2 aromatic rings. The molecule has 0 spiro atoms. The number of fused-ring (bicyclic) bond motifs is 1. The second-order valence-electron chi connectivity index (χ2n) is 4.88. The molecule has 1 aromatic heterocycles. The third-order valence-corrected chi connectivity index (χ3v) is 3.23. The van der Waals surface area contributed by atoms with Crippen molar-refractivity contribution in [3.05, 3.63) is 36.0 Å². The van der Waals surface area contributed by atoms with Crippen LogP contribution in [0.25, 0.3) is 0 Å². The van der Waals surface area contributed by atoms with Crippen molar-refractivity contribution in [2.24, 2.45) is 0 Å². The van der Waals surface area contributed by atoms with Crippen molar-refractivity contribution in [2.75, 3.05) is 26.6 Å². The van der Waals surface area contributed by atoms with Crippen molar-refractivity contribution in [3.63, 3.8) is 0 Å². The van der Waals surface area contributed by atoms with E-state index in [0.29, 0.717) is 42.9 Å². The summed E-state index contributed by atoms with van der Waals surface area (Å²) in [4.78, 5) is 16.0. The van der Waals surface area contributed by atoms with Gasteiger partial charge < -0.3 is 28.7 Å². The first-order valence-electron chi connectivity index (χ1n) is 7.59. The predicted molar refractivity (Wildman–Crippen MR) is 82.2 cm³/mol. The third kappa shape index (κ3) is 3.96. The third-order valence-electron chi connectivity index (χ3n) is 3.23. The molecule has 0 atom stereocenters. The number of rotatable bonds is 8. The van der Waals surface area contributed by atoms with E-state index in [1.807, 2.05) is 6.92 Å². The molecule has 128 valence electrons. The van der Waals surface area contributed by atoms with Crippen LogP contribution in [0, 0.1) is 0 Å². The molecule has 24 heavy (non-hydrogen) atoms. The van der Waals surface area contributed by atoms with Crippen molar-refractivity contribution in [2.45, 2.75) is 13.5 Å². The number of hydrogen-bond donors (Lipinski definition) is 1. The molecule has 1 aliphatic rings. The molecule has 0 aliphatic carbocycles. The Morgan fingerprint density at radius 2 is 2.21 bits per heavy atom. The molecule has 0 saturated carbocycles. The van der Waals surface area contributed by atoms with Crippen LogP contribution in [0.15, 0.2) is 28.9 Å².